The maximum absolute atomic E-state index is 13.0. The lowest BCUT2D eigenvalue weighted by molar-refractivity contribution is 0.0841. The average molecular weight is 534 g/mol. The van der Waals surface area contributed by atoms with E-state index in [-0.39, 0.29) is 12.5 Å². The molecule has 1 aliphatic carbocycles. The van der Waals surface area contributed by atoms with Gasteiger partial charge in [-0.2, -0.15) is 0 Å². The van der Waals surface area contributed by atoms with Crippen molar-refractivity contribution in [3.63, 3.8) is 0 Å². The number of pyridine rings is 1. The van der Waals surface area contributed by atoms with Crippen molar-refractivity contribution < 1.29 is 19.1 Å². The van der Waals surface area contributed by atoms with Gasteiger partial charge in [0.15, 0.2) is 12.2 Å². The first-order chi connectivity index (χ1) is 18.9. The Labute approximate surface area is 230 Å². The van der Waals surface area contributed by atoms with Crippen molar-refractivity contribution in [2.45, 2.75) is 71.2 Å². The van der Waals surface area contributed by atoms with Crippen molar-refractivity contribution in [1.29, 1.82) is 0 Å². The van der Waals surface area contributed by atoms with Gasteiger partial charge in [-0.3, -0.25) is 9.69 Å². The summed E-state index contributed by atoms with van der Waals surface area (Å²) in [6.45, 7) is 6.92. The number of anilines is 1. The largest absolute Gasteiger partial charge is 0.486 e. The Balaban J connectivity index is 1.11. The Bertz CT molecular complexity index is 1240. The molecule has 39 heavy (non-hydrogen) atoms. The highest BCUT2D eigenvalue weighted by Crippen LogP contribution is 2.25. The van der Waals surface area contributed by atoms with E-state index in [2.05, 4.69) is 46.5 Å². The van der Waals surface area contributed by atoms with Crippen LogP contribution >= 0.6 is 0 Å². The van der Waals surface area contributed by atoms with Crippen LogP contribution in [0.4, 0.5) is 5.82 Å². The molecule has 1 unspecified atom stereocenters. The lowest BCUT2D eigenvalue weighted by Crippen LogP contribution is -2.42. The topological polar surface area (TPSA) is 113 Å². The summed E-state index contributed by atoms with van der Waals surface area (Å²) in [6.07, 6.45) is 7.59. The van der Waals surface area contributed by atoms with Crippen molar-refractivity contribution >= 4 is 11.7 Å². The number of amides is 1. The number of β-amino-alcohol motifs (C(OH)–C–C–N with tert-alkyl or cyclic N) is 1. The molecule has 1 fully saturated rings. The second-order valence-electron chi connectivity index (χ2n) is 11.1. The van der Waals surface area contributed by atoms with Gasteiger partial charge in [-0.15, -0.1) is 0 Å². The number of benzene rings is 1. The fraction of sp³-hybridized carbons (Fsp3) is 0.500. The molecule has 0 radical (unpaired) electrons. The number of aliphatic hydroxyl groups excluding tert-OH is 1. The van der Waals surface area contributed by atoms with Crippen molar-refractivity contribution in [1.82, 2.24) is 20.2 Å². The van der Waals surface area contributed by atoms with Crippen LogP contribution in [0.3, 0.4) is 0 Å². The number of oxazole rings is 1. The number of carbonyl (C=O) groups excluding carboxylic acids is 1. The molecule has 3 aromatic rings. The molecular formula is C30H39N5O4. The Morgan fingerprint density at radius 1 is 1.23 bits per heavy atom. The lowest BCUT2D eigenvalue weighted by Gasteiger charge is -2.30. The first-order valence-corrected chi connectivity index (χ1v) is 14.0. The molecule has 1 aromatic carbocycles. The third-order valence-corrected chi connectivity index (χ3v) is 7.32. The number of nitrogens with zero attached hydrogens (tertiary/aromatic N) is 3. The van der Waals surface area contributed by atoms with E-state index in [9.17, 15) is 9.90 Å². The van der Waals surface area contributed by atoms with E-state index in [0.717, 1.165) is 56.0 Å². The number of ether oxygens (including phenoxy) is 1. The number of aliphatic hydroxyl groups is 1. The summed E-state index contributed by atoms with van der Waals surface area (Å²) in [5, 5.41) is 17.1. The summed E-state index contributed by atoms with van der Waals surface area (Å²) in [5.74, 6) is 2.52. The summed E-state index contributed by atoms with van der Waals surface area (Å²) in [6, 6.07) is 10.3. The first kappa shape index (κ1) is 27.1. The molecule has 2 aromatic heterocycles. The number of hydrogen-bond donors (Lipinski definition) is 3. The molecule has 3 N–H and O–H groups in total. The molecule has 9 nitrogen and oxygen atoms in total. The summed E-state index contributed by atoms with van der Waals surface area (Å²) in [7, 11) is 0. The highest BCUT2D eigenvalue weighted by Gasteiger charge is 2.21. The van der Waals surface area contributed by atoms with Gasteiger partial charge in [0.2, 0.25) is 0 Å². The van der Waals surface area contributed by atoms with Gasteiger partial charge in [0.05, 0.1) is 12.3 Å². The Morgan fingerprint density at radius 2 is 2.10 bits per heavy atom. The molecule has 0 spiro atoms. The van der Waals surface area contributed by atoms with Crippen molar-refractivity contribution in [2.24, 2.45) is 5.92 Å². The zero-order chi connectivity index (χ0) is 27.2. The molecule has 0 bridgehead atoms. The monoisotopic (exact) mass is 533 g/mol. The second-order valence-corrected chi connectivity index (χ2v) is 11.1. The predicted octanol–water partition coefficient (Wildman–Crippen LogP) is 3.96. The van der Waals surface area contributed by atoms with Crippen LogP contribution in [0.25, 0.3) is 0 Å². The van der Waals surface area contributed by atoms with Crippen LogP contribution in [-0.4, -0.2) is 57.7 Å². The van der Waals surface area contributed by atoms with Gasteiger partial charge in [-0.1, -0.05) is 19.9 Å². The van der Waals surface area contributed by atoms with Gasteiger partial charge < -0.3 is 24.9 Å². The Kier molecular flexibility index (Phi) is 8.78. The normalized spacial score (nSPS) is 16.4. The minimum absolute atomic E-state index is 0.181. The van der Waals surface area contributed by atoms with Crippen LogP contribution in [-0.2, 0) is 26.0 Å². The molecule has 1 saturated carbocycles. The van der Waals surface area contributed by atoms with E-state index in [4.69, 9.17) is 14.1 Å². The van der Waals surface area contributed by atoms with E-state index < -0.39 is 6.10 Å². The molecule has 5 rings (SSSR count). The fourth-order valence-corrected chi connectivity index (χ4v) is 5.05. The summed E-state index contributed by atoms with van der Waals surface area (Å²) in [5.41, 5.74) is 3.98. The van der Waals surface area contributed by atoms with E-state index in [0.29, 0.717) is 36.4 Å². The second kappa shape index (κ2) is 12.6. The first-order valence-electron chi connectivity index (χ1n) is 14.0. The number of rotatable bonds is 12. The van der Waals surface area contributed by atoms with Gasteiger partial charge >= 0.3 is 0 Å². The zero-order valence-corrected chi connectivity index (χ0v) is 22.9. The smallest absolute Gasteiger partial charge is 0.251 e. The average Bonchev–Trinajstić information content (AvgIpc) is 3.41. The molecule has 1 amide bonds. The van der Waals surface area contributed by atoms with Gasteiger partial charge in [-0.05, 0) is 73.4 Å². The van der Waals surface area contributed by atoms with Crippen molar-refractivity contribution in [2.75, 3.05) is 25.0 Å². The molecule has 9 heteroatoms. The molecule has 208 valence electrons. The Morgan fingerprint density at radius 3 is 2.85 bits per heavy atom. The molecule has 1 aliphatic heterocycles. The third kappa shape index (κ3) is 7.58. The van der Waals surface area contributed by atoms with Crippen molar-refractivity contribution in [3.8, 4) is 5.75 Å². The van der Waals surface area contributed by atoms with E-state index in [1.54, 1.807) is 6.20 Å². The summed E-state index contributed by atoms with van der Waals surface area (Å²) < 4.78 is 11.0. The number of carbonyl (C=O) groups is 1. The minimum atomic E-state index is -0.662. The summed E-state index contributed by atoms with van der Waals surface area (Å²) in [4.78, 5) is 23.9. The highest BCUT2D eigenvalue weighted by atomic mass is 16.5. The molecule has 3 heterocycles. The zero-order valence-electron chi connectivity index (χ0n) is 22.9. The highest BCUT2D eigenvalue weighted by molar-refractivity contribution is 5.95. The SMILES string of the molecule is CC(C)Cc1cc(C(=O)NCC(O)CN2CCc3cc(OCc4cnco4)ccc3C2)cc(NC2CCC2)n1. The molecule has 1 atom stereocenters. The lowest BCUT2D eigenvalue weighted by atomic mass is 9.93. The van der Waals surface area contributed by atoms with Crippen LogP contribution in [0, 0.1) is 5.92 Å². The van der Waals surface area contributed by atoms with Gasteiger partial charge in [0, 0.05) is 43.5 Å². The van der Waals surface area contributed by atoms with E-state index in [1.807, 2.05) is 18.2 Å². The third-order valence-electron chi connectivity index (χ3n) is 7.32. The summed E-state index contributed by atoms with van der Waals surface area (Å²) >= 11 is 0. The van der Waals surface area contributed by atoms with Gasteiger partial charge in [0.25, 0.3) is 5.91 Å². The standard InChI is InChI=1S/C30H39N5O4/c1-20(2)10-25-11-23(13-29(34-25)33-24-4-3-5-24)30(37)32-14-26(36)17-35-9-8-21-12-27(7-6-22(21)16-35)38-18-28-15-31-19-39-28/h6-7,11-13,15,19-20,24,26,36H,3-5,8-10,14,16-18H2,1-2H3,(H,32,37)(H,33,34). The maximum atomic E-state index is 13.0. The fourth-order valence-electron chi connectivity index (χ4n) is 5.05. The quantitative estimate of drug-likeness (QED) is 0.321. The molecule has 0 saturated heterocycles. The van der Waals surface area contributed by atoms with E-state index >= 15 is 0 Å². The van der Waals surface area contributed by atoms with Crippen LogP contribution in [0.1, 0.15) is 66.0 Å². The Hall–Kier alpha value is -3.43. The predicted molar refractivity (Wildman–Crippen MR) is 149 cm³/mol. The van der Waals surface area contributed by atoms with Crippen LogP contribution in [0.5, 0.6) is 5.75 Å². The number of hydrogen-bond acceptors (Lipinski definition) is 8. The number of fused-ring (bicyclic) bond motifs is 1. The molecule has 2 aliphatic rings. The van der Waals surface area contributed by atoms with Gasteiger partial charge in [-0.25, -0.2) is 9.97 Å². The van der Waals surface area contributed by atoms with Crippen LogP contribution in [0.15, 0.2) is 47.3 Å². The number of aromatic nitrogens is 2. The number of nitrogens with one attached hydrogen (secondary N) is 2. The molecular weight excluding hydrogens is 494 g/mol. The van der Waals surface area contributed by atoms with Crippen LogP contribution in [0.2, 0.25) is 0 Å². The van der Waals surface area contributed by atoms with Gasteiger partial charge in [0.1, 0.15) is 18.2 Å². The maximum Gasteiger partial charge on any atom is 0.251 e. The van der Waals surface area contributed by atoms with Crippen LogP contribution < -0.4 is 15.4 Å². The minimum Gasteiger partial charge on any atom is -0.486 e. The van der Waals surface area contributed by atoms with E-state index in [1.165, 1.54) is 23.9 Å². The van der Waals surface area contributed by atoms with Crippen molar-refractivity contribution in [3.05, 3.63) is 71.1 Å².